The van der Waals surface area contributed by atoms with Crippen LogP contribution in [0.1, 0.15) is 5.56 Å². The Balaban J connectivity index is 2.07. The van der Waals surface area contributed by atoms with Gasteiger partial charge in [0.05, 0.1) is 26.1 Å². The van der Waals surface area contributed by atoms with E-state index in [2.05, 4.69) is 10.5 Å². The van der Waals surface area contributed by atoms with Crippen LogP contribution in [0.5, 0.6) is 11.5 Å². The zero-order valence-corrected chi connectivity index (χ0v) is 11.0. The first-order valence-corrected chi connectivity index (χ1v) is 5.89. The molecule has 0 amide bonds. The SMILES string of the molecule is COc1ccc(C=NNc2ccccc2)cc1OC. The first-order chi connectivity index (χ1) is 9.33. The maximum atomic E-state index is 5.23. The van der Waals surface area contributed by atoms with Crippen molar-refractivity contribution in [3.05, 3.63) is 54.1 Å². The molecule has 0 aliphatic heterocycles. The number of anilines is 1. The number of hydrazone groups is 1. The average Bonchev–Trinajstić information content (AvgIpc) is 2.48. The number of nitrogens with zero attached hydrogens (tertiary/aromatic N) is 1. The molecular formula is C15H16N2O2. The molecule has 0 fully saturated rings. The van der Waals surface area contributed by atoms with E-state index in [-0.39, 0.29) is 0 Å². The second-order valence-corrected chi connectivity index (χ2v) is 3.85. The highest BCUT2D eigenvalue weighted by atomic mass is 16.5. The van der Waals surface area contributed by atoms with E-state index in [0.29, 0.717) is 11.5 Å². The van der Waals surface area contributed by atoms with Gasteiger partial charge in [-0.05, 0) is 35.9 Å². The van der Waals surface area contributed by atoms with Gasteiger partial charge < -0.3 is 9.47 Å². The summed E-state index contributed by atoms with van der Waals surface area (Å²) in [4.78, 5) is 0. The minimum absolute atomic E-state index is 0.686. The molecule has 4 heteroatoms. The Morgan fingerprint density at radius 3 is 2.37 bits per heavy atom. The van der Waals surface area contributed by atoms with Crippen molar-refractivity contribution >= 4 is 11.9 Å². The molecule has 0 unspecified atom stereocenters. The summed E-state index contributed by atoms with van der Waals surface area (Å²) in [6, 6.07) is 15.4. The van der Waals surface area contributed by atoms with Crippen LogP contribution in [0.25, 0.3) is 0 Å². The Hall–Kier alpha value is -2.49. The number of nitrogens with one attached hydrogen (secondary N) is 1. The largest absolute Gasteiger partial charge is 0.493 e. The lowest BCUT2D eigenvalue weighted by Gasteiger charge is -2.07. The molecular weight excluding hydrogens is 240 g/mol. The first-order valence-electron chi connectivity index (χ1n) is 5.89. The Labute approximate surface area is 112 Å². The smallest absolute Gasteiger partial charge is 0.161 e. The summed E-state index contributed by atoms with van der Waals surface area (Å²) < 4.78 is 10.4. The third kappa shape index (κ3) is 3.48. The minimum atomic E-state index is 0.686. The van der Waals surface area contributed by atoms with Crippen molar-refractivity contribution in [3.63, 3.8) is 0 Å². The van der Waals surface area contributed by atoms with Crippen molar-refractivity contribution < 1.29 is 9.47 Å². The van der Waals surface area contributed by atoms with Crippen molar-refractivity contribution in [2.24, 2.45) is 5.10 Å². The summed E-state index contributed by atoms with van der Waals surface area (Å²) >= 11 is 0. The van der Waals surface area contributed by atoms with Gasteiger partial charge in [0.2, 0.25) is 0 Å². The molecule has 0 saturated carbocycles. The van der Waals surface area contributed by atoms with E-state index in [0.717, 1.165) is 11.3 Å². The third-order valence-electron chi connectivity index (χ3n) is 2.59. The van der Waals surface area contributed by atoms with Crippen LogP contribution in [0.2, 0.25) is 0 Å². The fourth-order valence-corrected chi connectivity index (χ4v) is 1.63. The van der Waals surface area contributed by atoms with Crippen molar-refractivity contribution in [2.75, 3.05) is 19.6 Å². The maximum absolute atomic E-state index is 5.23. The number of benzene rings is 2. The second-order valence-electron chi connectivity index (χ2n) is 3.85. The monoisotopic (exact) mass is 256 g/mol. The first kappa shape index (κ1) is 13.0. The zero-order valence-electron chi connectivity index (χ0n) is 11.0. The summed E-state index contributed by atoms with van der Waals surface area (Å²) in [7, 11) is 3.23. The normalized spacial score (nSPS) is 10.4. The lowest BCUT2D eigenvalue weighted by atomic mass is 10.2. The van der Waals surface area contributed by atoms with Gasteiger partial charge in [-0.3, -0.25) is 5.43 Å². The minimum Gasteiger partial charge on any atom is -0.493 e. The second kappa shape index (κ2) is 6.44. The molecule has 98 valence electrons. The molecule has 2 aromatic rings. The van der Waals surface area contributed by atoms with Gasteiger partial charge >= 0.3 is 0 Å². The molecule has 4 nitrogen and oxygen atoms in total. The van der Waals surface area contributed by atoms with Gasteiger partial charge in [-0.15, -0.1) is 0 Å². The Kier molecular flexibility index (Phi) is 4.39. The highest BCUT2D eigenvalue weighted by molar-refractivity contribution is 5.81. The van der Waals surface area contributed by atoms with E-state index in [9.17, 15) is 0 Å². The summed E-state index contributed by atoms with van der Waals surface area (Å²) in [6.45, 7) is 0. The van der Waals surface area contributed by atoms with Gasteiger partial charge in [-0.1, -0.05) is 18.2 Å². The van der Waals surface area contributed by atoms with Crippen LogP contribution in [0.4, 0.5) is 5.69 Å². The number of hydrogen-bond donors (Lipinski definition) is 1. The highest BCUT2D eigenvalue weighted by Crippen LogP contribution is 2.26. The van der Waals surface area contributed by atoms with Crippen LogP contribution in [0, 0.1) is 0 Å². The molecule has 0 heterocycles. The predicted octanol–water partition coefficient (Wildman–Crippen LogP) is 3.15. The molecule has 0 saturated heterocycles. The van der Waals surface area contributed by atoms with Crippen LogP contribution in [0.3, 0.4) is 0 Å². The number of hydrogen-bond acceptors (Lipinski definition) is 4. The number of methoxy groups -OCH3 is 2. The van der Waals surface area contributed by atoms with E-state index in [1.54, 1.807) is 20.4 Å². The van der Waals surface area contributed by atoms with E-state index < -0.39 is 0 Å². The fourth-order valence-electron chi connectivity index (χ4n) is 1.63. The molecule has 1 N–H and O–H groups in total. The molecule has 19 heavy (non-hydrogen) atoms. The molecule has 0 aliphatic rings. The van der Waals surface area contributed by atoms with E-state index in [1.807, 2.05) is 48.5 Å². The van der Waals surface area contributed by atoms with Gasteiger partial charge in [0.1, 0.15) is 0 Å². The topological polar surface area (TPSA) is 42.8 Å². The van der Waals surface area contributed by atoms with Crippen LogP contribution < -0.4 is 14.9 Å². The van der Waals surface area contributed by atoms with Crippen molar-refractivity contribution in [1.29, 1.82) is 0 Å². The summed E-state index contributed by atoms with van der Waals surface area (Å²) in [5, 5.41) is 4.17. The quantitative estimate of drug-likeness (QED) is 0.660. The maximum Gasteiger partial charge on any atom is 0.161 e. The highest BCUT2D eigenvalue weighted by Gasteiger charge is 2.02. The van der Waals surface area contributed by atoms with Crippen LogP contribution in [-0.4, -0.2) is 20.4 Å². The average molecular weight is 256 g/mol. The molecule has 0 aromatic heterocycles. The Morgan fingerprint density at radius 1 is 0.947 bits per heavy atom. The molecule has 2 rings (SSSR count). The number of rotatable bonds is 5. The third-order valence-corrected chi connectivity index (χ3v) is 2.59. The molecule has 2 aromatic carbocycles. The van der Waals surface area contributed by atoms with E-state index >= 15 is 0 Å². The number of ether oxygens (including phenoxy) is 2. The Bertz CT molecular complexity index is 553. The molecule has 0 aliphatic carbocycles. The molecule has 0 spiro atoms. The van der Waals surface area contributed by atoms with Gasteiger partial charge in [0.25, 0.3) is 0 Å². The van der Waals surface area contributed by atoms with Gasteiger partial charge in [-0.2, -0.15) is 5.10 Å². The lowest BCUT2D eigenvalue weighted by Crippen LogP contribution is -1.93. The van der Waals surface area contributed by atoms with Crippen molar-refractivity contribution in [3.8, 4) is 11.5 Å². The van der Waals surface area contributed by atoms with E-state index in [1.165, 1.54) is 0 Å². The lowest BCUT2D eigenvalue weighted by molar-refractivity contribution is 0.355. The van der Waals surface area contributed by atoms with Gasteiger partial charge in [-0.25, -0.2) is 0 Å². The van der Waals surface area contributed by atoms with Crippen molar-refractivity contribution in [2.45, 2.75) is 0 Å². The zero-order chi connectivity index (χ0) is 13.5. The number of para-hydroxylation sites is 1. The molecule has 0 atom stereocenters. The Morgan fingerprint density at radius 2 is 1.68 bits per heavy atom. The summed E-state index contributed by atoms with van der Waals surface area (Å²) in [5.74, 6) is 1.39. The summed E-state index contributed by atoms with van der Waals surface area (Å²) in [6.07, 6.45) is 1.73. The standard InChI is InChI=1S/C15H16N2O2/c1-18-14-9-8-12(10-15(14)19-2)11-16-17-13-6-4-3-5-7-13/h3-11,17H,1-2H3. The summed E-state index contributed by atoms with van der Waals surface area (Å²) in [5.41, 5.74) is 4.83. The van der Waals surface area contributed by atoms with Crippen LogP contribution >= 0.6 is 0 Å². The van der Waals surface area contributed by atoms with E-state index in [4.69, 9.17) is 9.47 Å². The van der Waals surface area contributed by atoms with Crippen LogP contribution in [-0.2, 0) is 0 Å². The molecule has 0 bridgehead atoms. The predicted molar refractivity (Wildman–Crippen MR) is 77.2 cm³/mol. The van der Waals surface area contributed by atoms with Crippen LogP contribution in [0.15, 0.2) is 53.6 Å². The van der Waals surface area contributed by atoms with Gasteiger partial charge in [0, 0.05) is 0 Å². The van der Waals surface area contributed by atoms with Crippen molar-refractivity contribution in [1.82, 2.24) is 0 Å². The fraction of sp³-hybridized carbons (Fsp3) is 0.133. The van der Waals surface area contributed by atoms with Gasteiger partial charge in [0.15, 0.2) is 11.5 Å². The molecule has 0 radical (unpaired) electrons.